The molecule has 2 heteroatoms. The van der Waals surface area contributed by atoms with Gasteiger partial charge < -0.3 is 5.73 Å². The molecule has 0 aromatic carbocycles. The van der Waals surface area contributed by atoms with Crippen LogP contribution in [0.15, 0.2) is 0 Å². The molecule has 84 valence electrons. The summed E-state index contributed by atoms with van der Waals surface area (Å²) in [6, 6.07) is 0. The lowest BCUT2D eigenvalue weighted by Crippen LogP contribution is -2.44. The largest absolute Gasteiger partial charge is 0.325 e. The maximum absolute atomic E-state index is 6.45. The Labute approximate surface area is 93.2 Å². The van der Waals surface area contributed by atoms with Gasteiger partial charge in [-0.15, -0.1) is 0 Å². The van der Waals surface area contributed by atoms with E-state index in [-0.39, 0.29) is 5.54 Å². The van der Waals surface area contributed by atoms with Gasteiger partial charge in [0, 0.05) is 5.54 Å². The van der Waals surface area contributed by atoms with Crippen LogP contribution in [-0.2, 0) is 0 Å². The van der Waals surface area contributed by atoms with Crippen molar-refractivity contribution in [3.05, 3.63) is 0 Å². The Balaban J connectivity index is 2.31. The number of nitrogens with two attached hydrogens (primary N) is 1. The molecule has 14 heavy (non-hydrogen) atoms. The van der Waals surface area contributed by atoms with Crippen molar-refractivity contribution in [3.8, 4) is 0 Å². The van der Waals surface area contributed by atoms with Crippen LogP contribution in [-0.4, -0.2) is 17.0 Å². The fraction of sp³-hybridized carbons (Fsp3) is 1.00. The second-order valence-electron chi connectivity index (χ2n) is 4.68. The SMILES string of the molecule is CCSCCC1(N)CCCC(CC)C1. The highest BCUT2D eigenvalue weighted by Crippen LogP contribution is 2.35. The minimum atomic E-state index is 0.182. The standard InChI is InChI=1S/C12H25NS/c1-3-11-6-5-7-12(13,10-11)8-9-14-4-2/h11H,3-10,13H2,1-2H3. The zero-order chi connectivity index (χ0) is 10.4. The molecule has 1 fully saturated rings. The van der Waals surface area contributed by atoms with Gasteiger partial charge in [-0.3, -0.25) is 0 Å². The van der Waals surface area contributed by atoms with Gasteiger partial charge in [0.25, 0.3) is 0 Å². The maximum Gasteiger partial charge on any atom is 0.0164 e. The number of thioether (sulfide) groups is 1. The Hall–Kier alpha value is 0.310. The van der Waals surface area contributed by atoms with Crippen LogP contribution in [0.25, 0.3) is 0 Å². The molecular weight excluding hydrogens is 190 g/mol. The molecule has 1 aliphatic carbocycles. The molecule has 1 rings (SSSR count). The second kappa shape index (κ2) is 6.02. The van der Waals surface area contributed by atoms with Crippen molar-refractivity contribution < 1.29 is 0 Å². The summed E-state index contributed by atoms with van der Waals surface area (Å²) in [4.78, 5) is 0. The molecule has 0 amide bonds. The van der Waals surface area contributed by atoms with Crippen LogP contribution in [0.4, 0.5) is 0 Å². The molecule has 1 nitrogen and oxygen atoms in total. The van der Waals surface area contributed by atoms with E-state index < -0.39 is 0 Å². The molecule has 2 N–H and O–H groups in total. The molecule has 2 atom stereocenters. The summed E-state index contributed by atoms with van der Waals surface area (Å²) in [5, 5.41) is 0. The third kappa shape index (κ3) is 3.82. The predicted octanol–water partition coefficient (Wildman–Crippen LogP) is 3.43. The average Bonchev–Trinajstić information content (AvgIpc) is 2.18. The van der Waals surface area contributed by atoms with E-state index in [9.17, 15) is 0 Å². The molecule has 0 aromatic heterocycles. The predicted molar refractivity (Wildman–Crippen MR) is 66.8 cm³/mol. The average molecular weight is 215 g/mol. The Morgan fingerprint density at radius 1 is 1.43 bits per heavy atom. The molecule has 0 aromatic rings. The van der Waals surface area contributed by atoms with Crippen LogP contribution in [0.3, 0.4) is 0 Å². The topological polar surface area (TPSA) is 26.0 Å². The zero-order valence-corrected chi connectivity index (χ0v) is 10.5. The van der Waals surface area contributed by atoms with Crippen molar-refractivity contribution in [1.82, 2.24) is 0 Å². The lowest BCUT2D eigenvalue weighted by molar-refractivity contribution is 0.215. The second-order valence-corrected chi connectivity index (χ2v) is 6.07. The summed E-state index contributed by atoms with van der Waals surface area (Å²) in [6.45, 7) is 4.53. The zero-order valence-electron chi connectivity index (χ0n) is 9.72. The van der Waals surface area contributed by atoms with Crippen LogP contribution in [0.2, 0.25) is 0 Å². The number of rotatable bonds is 5. The van der Waals surface area contributed by atoms with Gasteiger partial charge in [-0.2, -0.15) is 11.8 Å². The first kappa shape index (κ1) is 12.4. The van der Waals surface area contributed by atoms with E-state index in [1.165, 1.54) is 50.0 Å². The minimum absolute atomic E-state index is 0.182. The molecular formula is C12H25NS. The molecule has 1 aliphatic rings. The van der Waals surface area contributed by atoms with E-state index in [0.717, 1.165) is 5.92 Å². The monoisotopic (exact) mass is 215 g/mol. The molecule has 0 radical (unpaired) electrons. The van der Waals surface area contributed by atoms with Gasteiger partial charge >= 0.3 is 0 Å². The van der Waals surface area contributed by atoms with Crippen LogP contribution in [0.1, 0.15) is 52.4 Å². The highest BCUT2D eigenvalue weighted by atomic mass is 32.2. The molecule has 0 aliphatic heterocycles. The number of hydrogen-bond donors (Lipinski definition) is 1. The van der Waals surface area contributed by atoms with Gasteiger partial charge in [-0.1, -0.05) is 33.1 Å². The summed E-state index contributed by atoms with van der Waals surface area (Å²) in [5.74, 6) is 3.39. The first-order valence-electron chi connectivity index (χ1n) is 6.07. The molecule has 0 spiro atoms. The van der Waals surface area contributed by atoms with Gasteiger partial charge in [-0.05, 0) is 36.7 Å². The first-order chi connectivity index (χ1) is 6.70. The molecule has 0 heterocycles. The van der Waals surface area contributed by atoms with Crippen molar-refractivity contribution in [2.45, 2.75) is 57.9 Å². The summed E-state index contributed by atoms with van der Waals surface area (Å²) in [6.07, 6.45) is 7.84. The van der Waals surface area contributed by atoms with E-state index in [0.29, 0.717) is 0 Å². The van der Waals surface area contributed by atoms with Crippen molar-refractivity contribution in [3.63, 3.8) is 0 Å². The van der Waals surface area contributed by atoms with E-state index >= 15 is 0 Å². The van der Waals surface area contributed by atoms with Crippen LogP contribution < -0.4 is 5.73 Å². The Kier molecular flexibility index (Phi) is 5.32. The van der Waals surface area contributed by atoms with Crippen LogP contribution >= 0.6 is 11.8 Å². The Morgan fingerprint density at radius 3 is 2.86 bits per heavy atom. The smallest absolute Gasteiger partial charge is 0.0164 e. The van der Waals surface area contributed by atoms with E-state index in [2.05, 4.69) is 13.8 Å². The molecule has 2 unspecified atom stereocenters. The fourth-order valence-corrected chi connectivity index (χ4v) is 3.36. The highest BCUT2D eigenvalue weighted by molar-refractivity contribution is 7.99. The summed E-state index contributed by atoms with van der Waals surface area (Å²) < 4.78 is 0. The lowest BCUT2D eigenvalue weighted by Gasteiger charge is -2.37. The van der Waals surface area contributed by atoms with E-state index in [1.807, 2.05) is 11.8 Å². The summed E-state index contributed by atoms with van der Waals surface area (Å²) in [5.41, 5.74) is 6.63. The first-order valence-corrected chi connectivity index (χ1v) is 7.22. The summed E-state index contributed by atoms with van der Waals surface area (Å²) >= 11 is 2.03. The Morgan fingerprint density at radius 2 is 2.21 bits per heavy atom. The lowest BCUT2D eigenvalue weighted by atomic mass is 9.74. The van der Waals surface area contributed by atoms with Crippen LogP contribution in [0.5, 0.6) is 0 Å². The van der Waals surface area contributed by atoms with Crippen molar-refractivity contribution in [2.24, 2.45) is 11.7 Å². The third-order valence-corrected chi connectivity index (χ3v) is 4.41. The fourth-order valence-electron chi connectivity index (χ4n) is 2.52. The van der Waals surface area contributed by atoms with Gasteiger partial charge in [0.15, 0.2) is 0 Å². The Bertz CT molecular complexity index is 160. The van der Waals surface area contributed by atoms with Gasteiger partial charge in [-0.25, -0.2) is 0 Å². The minimum Gasteiger partial charge on any atom is -0.325 e. The molecule has 0 saturated heterocycles. The van der Waals surface area contributed by atoms with E-state index in [4.69, 9.17) is 5.73 Å². The van der Waals surface area contributed by atoms with Crippen molar-refractivity contribution in [1.29, 1.82) is 0 Å². The van der Waals surface area contributed by atoms with Crippen molar-refractivity contribution >= 4 is 11.8 Å². The molecule has 0 bridgehead atoms. The molecule has 1 saturated carbocycles. The van der Waals surface area contributed by atoms with Crippen molar-refractivity contribution in [2.75, 3.05) is 11.5 Å². The van der Waals surface area contributed by atoms with Gasteiger partial charge in [0.1, 0.15) is 0 Å². The number of hydrogen-bond acceptors (Lipinski definition) is 2. The normalized spacial score (nSPS) is 33.2. The van der Waals surface area contributed by atoms with Gasteiger partial charge in [0.2, 0.25) is 0 Å². The summed E-state index contributed by atoms with van der Waals surface area (Å²) in [7, 11) is 0. The van der Waals surface area contributed by atoms with Crippen LogP contribution in [0, 0.1) is 5.92 Å². The highest BCUT2D eigenvalue weighted by Gasteiger charge is 2.31. The van der Waals surface area contributed by atoms with E-state index in [1.54, 1.807) is 0 Å². The van der Waals surface area contributed by atoms with Gasteiger partial charge in [0.05, 0.1) is 0 Å². The quantitative estimate of drug-likeness (QED) is 0.711. The third-order valence-electron chi connectivity index (χ3n) is 3.51. The maximum atomic E-state index is 6.45.